The number of hydrogen-bond acceptors (Lipinski definition) is 3. The summed E-state index contributed by atoms with van der Waals surface area (Å²) in [7, 11) is 0. The van der Waals surface area contributed by atoms with Crippen LogP contribution in [-0.2, 0) is 4.79 Å². The molecule has 1 aromatic heterocycles. The topological polar surface area (TPSA) is 46.2 Å². The molecule has 0 aliphatic heterocycles. The van der Waals surface area contributed by atoms with Crippen molar-refractivity contribution in [3.05, 3.63) is 56.7 Å². The number of thiophene rings is 1. The maximum absolute atomic E-state index is 12.0. The monoisotopic (exact) mass is 335 g/mol. The molecule has 116 valence electrons. The molecule has 5 heteroatoms. The second-order valence-corrected chi connectivity index (χ2v) is 6.90. The van der Waals surface area contributed by atoms with Gasteiger partial charge < -0.3 is 5.32 Å². The molecular formula is C17H18ClNO2S. The van der Waals surface area contributed by atoms with Gasteiger partial charge in [0.05, 0.1) is 10.9 Å². The van der Waals surface area contributed by atoms with Crippen molar-refractivity contribution in [1.29, 1.82) is 0 Å². The Bertz CT molecular complexity index is 664. The SMILES string of the molecule is Cc1ccc(C(=O)CCC(=O)NC(C)c2ccc(Cl)cc2)s1. The lowest BCUT2D eigenvalue weighted by atomic mass is 10.1. The zero-order valence-corrected chi connectivity index (χ0v) is 14.1. The lowest BCUT2D eigenvalue weighted by molar-refractivity contribution is -0.121. The van der Waals surface area contributed by atoms with Crippen LogP contribution in [0.3, 0.4) is 0 Å². The van der Waals surface area contributed by atoms with E-state index in [2.05, 4.69) is 5.32 Å². The maximum Gasteiger partial charge on any atom is 0.220 e. The fraction of sp³-hybridized carbons (Fsp3) is 0.294. The van der Waals surface area contributed by atoms with Gasteiger partial charge in [0.2, 0.25) is 5.91 Å². The van der Waals surface area contributed by atoms with Gasteiger partial charge in [0.1, 0.15) is 0 Å². The molecule has 1 unspecified atom stereocenters. The number of hydrogen-bond donors (Lipinski definition) is 1. The van der Waals surface area contributed by atoms with E-state index in [1.807, 2.05) is 38.1 Å². The third-order valence-electron chi connectivity index (χ3n) is 3.34. The zero-order chi connectivity index (χ0) is 16.1. The molecule has 0 fully saturated rings. The van der Waals surface area contributed by atoms with Gasteiger partial charge in [-0.2, -0.15) is 0 Å². The molecule has 3 nitrogen and oxygen atoms in total. The van der Waals surface area contributed by atoms with Crippen molar-refractivity contribution in [2.75, 3.05) is 0 Å². The molecule has 0 aliphatic rings. The third-order valence-corrected chi connectivity index (χ3v) is 4.64. The van der Waals surface area contributed by atoms with Crippen LogP contribution in [-0.4, -0.2) is 11.7 Å². The third kappa shape index (κ3) is 4.68. The minimum absolute atomic E-state index is 0.0207. The second kappa shape index (κ2) is 7.56. The van der Waals surface area contributed by atoms with Gasteiger partial charge in [-0.15, -0.1) is 11.3 Å². The summed E-state index contributed by atoms with van der Waals surface area (Å²) in [5, 5.41) is 3.56. The summed E-state index contributed by atoms with van der Waals surface area (Å²) >= 11 is 7.31. The molecule has 0 saturated carbocycles. The number of halogens is 1. The van der Waals surface area contributed by atoms with Crippen LogP contribution < -0.4 is 5.32 Å². The lowest BCUT2D eigenvalue weighted by Gasteiger charge is -2.14. The Labute approximate surface area is 139 Å². The van der Waals surface area contributed by atoms with Gasteiger partial charge in [0, 0.05) is 22.7 Å². The van der Waals surface area contributed by atoms with Crippen LogP contribution in [0.25, 0.3) is 0 Å². The molecule has 1 atom stereocenters. The maximum atomic E-state index is 12.0. The number of carbonyl (C=O) groups is 2. The molecule has 0 bridgehead atoms. The zero-order valence-electron chi connectivity index (χ0n) is 12.6. The van der Waals surface area contributed by atoms with Crippen molar-refractivity contribution >= 4 is 34.6 Å². The van der Waals surface area contributed by atoms with Crippen LogP contribution in [0.1, 0.15) is 45.9 Å². The van der Waals surface area contributed by atoms with Crippen LogP contribution in [0.4, 0.5) is 0 Å². The summed E-state index contributed by atoms with van der Waals surface area (Å²) < 4.78 is 0. The standard InChI is InChI=1S/C17H18ClNO2S/c1-11-3-9-16(22-11)15(20)8-10-17(21)19-12(2)13-4-6-14(18)7-5-13/h3-7,9,12H,8,10H2,1-2H3,(H,19,21). The molecule has 2 aromatic rings. The predicted molar refractivity (Wildman–Crippen MR) is 90.6 cm³/mol. The van der Waals surface area contributed by atoms with Gasteiger partial charge in [-0.25, -0.2) is 0 Å². The molecule has 22 heavy (non-hydrogen) atoms. The van der Waals surface area contributed by atoms with Crippen LogP contribution in [0.15, 0.2) is 36.4 Å². The van der Waals surface area contributed by atoms with E-state index in [4.69, 9.17) is 11.6 Å². The number of nitrogens with one attached hydrogen (secondary N) is 1. The summed E-state index contributed by atoms with van der Waals surface area (Å²) in [4.78, 5) is 25.7. The Morgan fingerprint density at radius 2 is 1.82 bits per heavy atom. The Morgan fingerprint density at radius 3 is 2.41 bits per heavy atom. The van der Waals surface area contributed by atoms with E-state index in [9.17, 15) is 9.59 Å². The van der Waals surface area contributed by atoms with E-state index in [0.29, 0.717) is 5.02 Å². The highest BCUT2D eigenvalue weighted by Gasteiger charge is 2.13. The highest BCUT2D eigenvalue weighted by atomic mass is 35.5. The van der Waals surface area contributed by atoms with Crippen molar-refractivity contribution in [1.82, 2.24) is 5.32 Å². The lowest BCUT2D eigenvalue weighted by Crippen LogP contribution is -2.26. The van der Waals surface area contributed by atoms with Crippen molar-refractivity contribution in [3.8, 4) is 0 Å². The van der Waals surface area contributed by atoms with E-state index in [1.54, 1.807) is 12.1 Å². The van der Waals surface area contributed by atoms with E-state index in [1.165, 1.54) is 11.3 Å². The Kier molecular flexibility index (Phi) is 5.75. The van der Waals surface area contributed by atoms with Gasteiger partial charge >= 0.3 is 0 Å². The first-order valence-electron chi connectivity index (χ1n) is 7.10. The molecule has 1 N–H and O–H groups in total. The fourth-order valence-corrected chi connectivity index (χ4v) is 3.04. The van der Waals surface area contributed by atoms with Crippen molar-refractivity contribution < 1.29 is 9.59 Å². The molecule has 0 saturated heterocycles. The van der Waals surface area contributed by atoms with Gasteiger partial charge in [-0.1, -0.05) is 23.7 Å². The molecule has 2 rings (SSSR count). The summed E-state index contributed by atoms with van der Waals surface area (Å²) in [5.74, 6) is -0.100. The average Bonchev–Trinajstić information content (AvgIpc) is 2.92. The number of amides is 1. The van der Waals surface area contributed by atoms with Crippen LogP contribution >= 0.6 is 22.9 Å². The highest BCUT2D eigenvalue weighted by Crippen LogP contribution is 2.18. The molecule has 1 amide bonds. The van der Waals surface area contributed by atoms with Gasteiger partial charge in [-0.3, -0.25) is 9.59 Å². The first kappa shape index (κ1) is 16.7. The van der Waals surface area contributed by atoms with Crippen LogP contribution in [0, 0.1) is 6.92 Å². The molecule has 0 spiro atoms. The normalized spacial score (nSPS) is 12.0. The number of benzene rings is 1. The van der Waals surface area contributed by atoms with Crippen LogP contribution in [0.2, 0.25) is 5.02 Å². The minimum Gasteiger partial charge on any atom is -0.350 e. The van der Waals surface area contributed by atoms with Crippen LogP contribution in [0.5, 0.6) is 0 Å². The van der Waals surface area contributed by atoms with Crippen molar-refractivity contribution in [2.45, 2.75) is 32.7 Å². The molecule has 0 aliphatic carbocycles. The van der Waals surface area contributed by atoms with Gasteiger partial charge in [0.15, 0.2) is 5.78 Å². The van der Waals surface area contributed by atoms with E-state index < -0.39 is 0 Å². The number of aryl methyl sites for hydroxylation is 1. The average molecular weight is 336 g/mol. The summed E-state index contributed by atoms with van der Waals surface area (Å²) in [6.45, 7) is 3.87. The smallest absolute Gasteiger partial charge is 0.220 e. The quantitative estimate of drug-likeness (QED) is 0.787. The second-order valence-electron chi connectivity index (χ2n) is 5.17. The van der Waals surface area contributed by atoms with E-state index >= 15 is 0 Å². The van der Waals surface area contributed by atoms with Gasteiger partial charge in [-0.05, 0) is 43.7 Å². The Balaban J connectivity index is 1.82. The number of Topliss-reactive ketones (excluding diaryl/α,β-unsaturated/α-hetero) is 1. The molecule has 0 radical (unpaired) electrons. The van der Waals surface area contributed by atoms with E-state index in [0.717, 1.165) is 15.3 Å². The van der Waals surface area contributed by atoms with Gasteiger partial charge in [0.25, 0.3) is 0 Å². The van der Waals surface area contributed by atoms with Crippen molar-refractivity contribution in [3.63, 3.8) is 0 Å². The molecule has 1 aromatic carbocycles. The number of ketones is 1. The molecular weight excluding hydrogens is 318 g/mol. The van der Waals surface area contributed by atoms with Crippen molar-refractivity contribution in [2.24, 2.45) is 0 Å². The summed E-state index contributed by atoms with van der Waals surface area (Å²) in [6.07, 6.45) is 0.437. The summed E-state index contributed by atoms with van der Waals surface area (Å²) in [5.41, 5.74) is 0.984. The fourth-order valence-electron chi connectivity index (χ4n) is 2.08. The molecule has 1 heterocycles. The number of rotatable bonds is 6. The highest BCUT2D eigenvalue weighted by molar-refractivity contribution is 7.14. The number of carbonyl (C=O) groups excluding carboxylic acids is 2. The first-order chi connectivity index (χ1) is 10.5. The largest absolute Gasteiger partial charge is 0.350 e. The first-order valence-corrected chi connectivity index (χ1v) is 8.29. The minimum atomic E-state index is -0.121. The Morgan fingerprint density at radius 1 is 1.14 bits per heavy atom. The van der Waals surface area contributed by atoms with E-state index in [-0.39, 0.29) is 30.6 Å². The predicted octanol–water partition coefficient (Wildman–Crippen LogP) is 4.55. The Hall–Kier alpha value is -1.65. The summed E-state index contributed by atoms with van der Waals surface area (Å²) in [6, 6.07) is 11.0.